The maximum Gasteiger partial charge on any atom is 0.271 e. The Kier molecular flexibility index (Phi) is 5.83. The average molecular weight is 354 g/mol. The smallest absolute Gasteiger partial charge is 0.271 e. The van der Waals surface area contributed by atoms with Gasteiger partial charge in [0.1, 0.15) is 5.69 Å². The van der Waals surface area contributed by atoms with Gasteiger partial charge in [-0.3, -0.25) is 14.5 Å². The van der Waals surface area contributed by atoms with Crippen LogP contribution in [-0.2, 0) is 13.1 Å². The second kappa shape index (κ2) is 8.27. The van der Waals surface area contributed by atoms with Gasteiger partial charge in [0.15, 0.2) is 0 Å². The Morgan fingerprint density at radius 1 is 1.15 bits per heavy atom. The number of piperidine rings is 1. The summed E-state index contributed by atoms with van der Waals surface area (Å²) in [7, 11) is 0. The molecule has 3 rings (SSSR count). The molecule has 138 valence electrons. The number of nitrogens with one attached hydrogen (secondary N) is 2. The number of aromatic nitrogens is 2. The summed E-state index contributed by atoms with van der Waals surface area (Å²) < 4.78 is 0. The van der Waals surface area contributed by atoms with Crippen LogP contribution in [-0.4, -0.2) is 34.1 Å². The molecule has 2 aromatic rings. The zero-order valence-electron chi connectivity index (χ0n) is 15.4. The van der Waals surface area contributed by atoms with Crippen LogP contribution < -0.4 is 10.9 Å². The van der Waals surface area contributed by atoms with Crippen molar-refractivity contribution >= 4 is 5.91 Å². The summed E-state index contributed by atoms with van der Waals surface area (Å²) in [4.78, 5) is 25.8. The van der Waals surface area contributed by atoms with E-state index >= 15 is 0 Å². The molecule has 1 amide bonds. The van der Waals surface area contributed by atoms with Gasteiger partial charge >= 0.3 is 0 Å². The van der Waals surface area contributed by atoms with E-state index in [-0.39, 0.29) is 17.2 Å². The summed E-state index contributed by atoms with van der Waals surface area (Å²) in [5.41, 5.74) is 2.23. The van der Waals surface area contributed by atoms with Gasteiger partial charge in [0.2, 0.25) is 0 Å². The Morgan fingerprint density at radius 2 is 1.85 bits per heavy atom. The van der Waals surface area contributed by atoms with Crippen LogP contribution in [0.3, 0.4) is 0 Å². The standard InChI is InChI=1S/C20H26N4O2/c1-14-9-15(2)12-24(11-14)13-17-6-4-3-5-16(17)10-21-20(26)18-7-8-19(25)23-22-18/h3-8,14-15H,9-13H2,1-2H3,(H,21,26)(H,23,25)/t14-,15-/m0/s1. The first kappa shape index (κ1) is 18.3. The molecular formula is C20H26N4O2. The highest BCUT2D eigenvalue weighted by Gasteiger charge is 2.22. The number of nitrogens with zero attached hydrogens (tertiary/aromatic N) is 2. The molecule has 6 heteroatoms. The van der Waals surface area contributed by atoms with E-state index in [2.05, 4.69) is 40.3 Å². The molecule has 0 unspecified atom stereocenters. The third-order valence-electron chi connectivity index (χ3n) is 4.81. The SMILES string of the molecule is C[C@H]1C[C@H](C)CN(Cc2ccccc2CNC(=O)c2ccc(=O)[nH]n2)C1. The molecule has 2 heterocycles. The number of hydrogen-bond donors (Lipinski definition) is 2. The van der Waals surface area contributed by atoms with E-state index in [4.69, 9.17) is 0 Å². The zero-order chi connectivity index (χ0) is 18.5. The molecule has 2 atom stereocenters. The summed E-state index contributed by atoms with van der Waals surface area (Å²) in [6, 6.07) is 10.9. The Labute approximate surface area is 153 Å². The molecule has 0 aliphatic carbocycles. The molecule has 0 bridgehead atoms. The van der Waals surface area contributed by atoms with Crippen LogP contribution in [0.15, 0.2) is 41.2 Å². The van der Waals surface area contributed by atoms with Crippen molar-refractivity contribution < 1.29 is 4.79 Å². The summed E-state index contributed by atoms with van der Waals surface area (Å²) >= 11 is 0. The highest BCUT2D eigenvalue weighted by molar-refractivity contribution is 5.91. The van der Waals surface area contributed by atoms with E-state index in [9.17, 15) is 9.59 Å². The van der Waals surface area contributed by atoms with E-state index in [1.54, 1.807) is 0 Å². The molecule has 1 fully saturated rings. The number of hydrogen-bond acceptors (Lipinski definition) is 4. The van der Waals surface area contributed by atoms with Crippen LogP contribution in [0.2, 0.25) is 0 Å². The lowest BCUT2D eigenvalue weighted by atomic mass is 9.91. The van der Waals surface area contributed by atoms with Crippen molar-refractivity contribution in [3.05, 3.63) is 63.6 Å². The zero-order valence-corrected chi connectivity index (χ0v) is 15.4. The molecule has 0 radical (unpaired) electrons. The number of rotatable bonds is 5. The van der Waals surface area contributed by atoms with Gasteiger partial charge in [-0.1, -0.05) is 38.1 Å². The maximum atomic E-state index is 12.2. The first-order valence-electron chi connectivity index (χ1n) is 9.14. The fourth-order valence-electron chi connectivity index (χ4n) is 3.78. The summed E-state index contributed by atoms with van der Waals surface area (Å²) in [5.74, 6) is 1.14. The lowest BCUT2D eigenvalue weighted by Crippen LogP contribution is -2.38. The number of carbonyl (C=O) groups excluding carboxylic acids is 1. The van der Waals surface area contributed by atoms with Crippen LogP contribution in [0.1, 0.15) is 41.9 Å². The van der Waals surface area contributed by atoms with E-state index in [1.807, 2.05) is 18.2 Å². The number of benzene rings is 1. The van der Waals surface area contributed by atoms with Gasteiger partial charge in [-0.15, -0.1) is 0 Å². The van der Waals surface area contributed by atoms with Crippen LogP contribution >= 0.6 is 0 Å². The molecule has 1 saturated heterocycles. The minimum Gasteiger partial charge on any atom is -0.347 e. The second-order valence-electron chi connectivity index (χ2n) is 7.40. The van der Waals surface area contributed by atoms with Gasteiger partial charge in [-0.25, -0.2) is 5.10 Å². The first-order chi connectivity index (χ1) is 12.5. The third-order valence-corrected chi connectivity index (χ3v) is 4.81. The van der Waals surface area contributed by atoms with Crippen molar-refractivity contribution in [1.29, 1.82) is 0 Å². The second-order valence-corrected chi connectivity index (χ2v) is 7.40. The van der Waals surface area contributed by atoms with Gasteiger partial charge < -0.3 is 5.32 Å². The van der Waals surface area contributed by atoms with Gasteiger partial charge in [0, 0.05) is 32.2 Å². The highest BCUT2D eigenvalue weighted by atomic mass is 16.2. The van der Waals surface area contributed by atoms with Crippen LogP contribution in [0.5, 0.6) is 0 Å². The molecule has 2 N–H and O–H groups in total. The summed E-state index contributed by atoms with van der Waals surface area (Å²) in [6.45, 7) is 8.20. The monoisotopic (exact) mass is 354 g/mol. The van der Waals surface area contributed by atoms with Crippen molar-refractivity contribution in [2.45, 2.75) is 33.4 Å². The van der Waals surface area contributed by atoms with E-state index in [0.29, 0.717) is 6.54 Å². The van der Waals surface area contributed by atoms with E-state index < -0.39 is 0 Å². The first-order valence-corrected chi connectivity index (χ1v) is 9.14. The minimum atomic E-state index is -0.322. The predicted octanol–water partition coefficient (Wildman–Crippen LogP) is 2.18. The Morgan fingerprint density at radius 3 is 2.50 bits per heavy atom. The maximum absolute atomic E-state index is 12.2. The number of aromatic amines is 1. The Hall–Kier alpha value is -2.47. The van der Waals surface area contributed by atoms with Gasteiger partial charge in [-0.05, 0) is 35.4 Å². The minimum absolute atomic E-state index is 0.209. The van der Waals surface area contributed by atoms with Crippen molar-refractivity contribution in [2.24, 2.45) is 11.8 Å². The van der Waals surface area contributed by atoms with E-state index in [1.165, 1.54) is 24.1 Å². The Balaban J connectivity index is 1.64. The van der Waals surface area contributed by atoms with Crippen molar-refractivity contribution in [1.82, 2.24) is 20.4 Å². The lowest BCUT2D eigenvalue weighted by Gasteiger charge is -2.35. The molecule has 26 heavy (non-hydrogen) atoms. The van der Waals surface area contributed by atoms with Crippen molar-refractivity contribution in [2.75, 3.05) is 13.1 Å². The Bertz CT molecular complexity index is 787. The molecule has 1 aliphatic heterocycles. The van der Waals surface area contributed by atoms with Crippen molar-refractivity contribution in [3.63, 3.8) is 0 Å². The van der Waals surface area contributed by atoms with Crippen LogP contribution in [0, 0.1) is 11.8 Å². The number of likely N-dealkylation sites (tertiary alicyclic amines) is 1. The predicted molar refractivity (Wildman–Crippen MR) is 101 cm³/mol. The molecule has 6 nitrogen and oxygen atoms in total. The number of H-pyrrole nitrogens is 1. The molecule has 1 aromatic carbocycles. The van der Waals surface area contributed by atoms with E-state index in [0.717, 1.165) is 37.0 Å². The third kappa shape index (κ3) is 4.79. The molecule has 1 aliphatic rings. The fraction of sp³-hybridized carbons (Fsp3) is 0.450. The van der Waals surface area contributed by atoms with Gasteiger partial charge in [0.05, 0.1) is 0 Å². The van der Waals surface area contributed by atoms with Crippen LogP contribution in [0.25, 0.3) is 0 Å². The van der Waals surface area contributed by atoms with Crippen LogP contribution in [0.4, 0.5) is 0 Å². The molecule has 1 aromatic heterocycles. The number of carbonyl (C=O) groups is 1. The lowest BCUT2D eigenvalue weighted by molar-refractivity contribution is 0.0944. The van der Waals surface area contributed by atoms with Crippen molar-refractivity contribution in [3.8, 4) is 0 Å². The summed E-state index contributed by atoms with van der Waals surface area (Å²) in [5, 5.41) is 8.93. The normalized spacial score (nSPS) is 20.7. The summed E-state index contributed by atoms with van der Waals surface area (Å²) in [6.07, 6.45) is 1.29. The molecule has 0 spiro atoms. The fourth-order valence-corrected chi connectivity index (χ4v) is 3.78. The number of amides is 1. The topological polar surface area (TPSA) is 78.1 Å². The molecular weight excluding hydrogens is 328 g/mol. The quantitative estimate of drug-likeness (QED) is 0.863. The largest absolute Gasteiger partial charge is 0.347 e. The highest BCUT2D eigenvalue weighted by Crippen LogP contribution is 2.23. The average Bonchev–Trinajstić information content (AvgIpc) is 2.60. The molecule has 0 saturated carbocycles. The van der Waals surface area contributed by atoms with Gasteiger partial charge in [-0.2, -0.15) is 5.10 Å². The van der Waals surface area contributed by atoms with Gasteiger partial charge in [0.25, 0.3) is 11.5 Å².